The molecule has 1 heteroatoms. The van der Waals surface area contributed by atoms with Crippen molar-refractivity contribution in [3.8, 4) is 0 Å². The van der Waals surface area contributed by atoms with Crippen molar-refractivity contribution in [1.29, 1.82) is 0 Å². The van der Waals surface area contributed by atoms with Crippen molar-refractivity contribution in [1.82, 2.24) is 0 Å². The fraction of sp³-hybridized carbons (Fsp3) is 0.167. The summed E-state index contributed by atoms with van der Waals surface area (Å²) in [5, 5.41) is 0. The van der Waals surface area contributed by atoms with Crippen LogP contribution in [-0.2, 0) is 10.3 Å². The Morgan fingerprint density at radius 1 is 0.720 bits per heavy atom. The molecule has 0 saturated carbocycles. The smallest absolute Gasteiger partial charge is 0.136 e. The minimum absolute atomic E-state index is 0.370. The third kappa shape index (κ3) is 2.76. The molecule has 1 aliphatic heterocycles. The standard InChI is InChI=1S/C24H22O/c1-17-14-15-20-21(16-17)24(2,3)25-23(19-12-8-5-9-13-19)22(20)18-10-6-4-7-11-18/h4-16H,1-3H3. The first-order chi connectivity index (χ1) is 12.1. The predicted molar refractivity (Wildman–Crippen MR) is 104 cm³/mol. The summed E-state index contributed by atoms with van der Waals surface area (Å²) in [4.78, 5) is 0. The summed E-state index contributed by atoms with van der Waals surface area (Å²) in [7, 11) is 0. The van der Waals surface area contributed by atoms with Gasteiger partial charge < -0.3 is 4.74 Å². The topological polar surface area (TPSA) is 9.23 Å². The molecule has 1 nitrogen and oxygen atoms in total. The zero-order valence-electron chi connectivity index (χ0n) is 14.9. The summed E-state index contributed by atoms with van der Waals surface area (Å²) in [6.45, 7) is 6.43. The third-order valence-electron chi connectivity index (χ3n) is 4.78. The molecule has 3 aromatic rings. The summed E-state index contributed by atoms with van der Waals surface area (Å²) in [6, 6.07) is 27.6. The van der Waals surface area contributed by atoms with Crippen LogP contribution in [0.15, 0.2) is 78.9 Å². The Kier molecular flexibility index (Phi) is 3.73. The van der Waals surface area contributed by atoms with Gasteiger partial charge in [0.15, 0.2) is 0 Å². The van der Waals surface area contributed by atoms with E-state index in [1.807, 2.05) is 6.07 Å². The highest BCUT2D eigenvalue weighted by atomic mass is 16.5. The van der Waals surface area contributed by atoms with E-state index in [0.717, 1.165) is 11.3 Å². The fourth-order valence-corrected chi connectivity index (χ4v) is 3.54. The molecule has 1 aliphatic rings. The Hall–Kier alpha value is -2.80. The normalized spacial score (nSPS) is 15.5. The first-order valence-corrected chi connectivity index (χ1v) is 8.72. The van der Waals surface area contributed by atoms with Crippen molar-refractivity contribution < 1.29 is 4.74 Å². The van der Waals surface area contributed by atoms with Crippen molar-refractivity contribution in [3.63, 3.8) is 0 Å². The summed E-state index contributed by atoms with van der Waals surface area (Å²) in [6.07, 6.45) is 0. The highest BCUT2D eigenvalue weighted by Gasteiger charge is 2.35. The van der Waals surface area contributed by atoms with Gasteiger partial charge >= 0.3 is 0 Å². The SMILES string of the molecule is Cc1ccc2c(c1)C(C)(C)OC(c1ccccc1)=C2c1ccccc1. The molecule has 1 heterocycles. The van der Waals surface area contributed by atoms with Gasteiger partial charge in [-0.2, -0.15) is 0 Å². The second-order valence-electron chi connectivity index (χ2n) is 7.10. The number of rotatable bonds is 2. The predicted octanol–water partition coefficient (Wildman–Crippen LogP) is 6.18. The van der Waals surface area contributed by atoms with Crippen LogP contribution in [0, 0.1) is 6.92 Å². The fourth-order valence-electron chi connectivity index (χ4n) is 3.54. The van der Waals surface area contributed by atoms with Crippen molar-refractivity contribution in [2.75, 3.05) is 0 Å². The monoisotopic (exact) mass is 326 g/mol. The molecule has 0 N–H and O–H groups in total. The third-order valence-corrected chi connectivity index (χ3v) is 4.78. The van der Waals surface area contributed by atoms with Gasteiger partial charge in [-0.05, 0) is 31.9 Å². The summed E-state index contributed by atoms with van der Waals surface area (Å²) in [5.74, 6) is 0.952. The van der Waals surface area contributed by atoms with E-state index < -0.39 is 0 Å². The molecule has 0 amide bonds. The average Bonchev–Trinajstić information content (AvgIpc) is 2.63. The molecule has 25 heavy (non-hydrogen) atoms. The summed E-state index contributed by atoms with van der Waals surface area (Å²) in [5.41, 5.74) is 6.85. The van der Waals surface area contributed by atoms with Crippen LogP contribution < -0.4 is 0 Å². The van der Waals surface area contributed by atoms with E-state index in [9.17, 15) is 0 Å². The molecule has 3 aromatic carbocycles. The first kappa shape index (κ1) is 15.7. The van der Waals surface area contributed by atoms with E-state index in [1.165, 1.54) is 27.8 Å². The molecular weight excluding hydrogens is 304 g/mol. The quantitative estimate of drug-likeness (QED) is 0.546. The number of hydrogen-bond acceptors (Lipinski definition) is 1. The van der Waals surface area contributed by atoms with Gasteiger partial charge in [0, 0.05) is 16.7 Å². The van der Waals surface area contributed by atoms with E-state index in [-0.39, 0.29) is 5.60 Å². The molecule has 0 spiro atoms. The zero-order valence-corrected chi connectivity index (χ0v) is 14.9. The van der Waals surface area contributed by atoms with Crippen LogP contribution in [0.2, 0.25) is 0 Å². The lowest BCUT2D eigenvalue weighted by molar-refractivity contribution is 0.0721. The largest absolute Gasteiger partial charge is 0.482 e. The van der Waals surface area contributed by atoms with Crippen molar-refractivity contribution in [2.45, 2.75) is 26.4 Å². The Morgan fingerprint density at radius 3 is 1.96 bits per heavy atom. The maximum Gasteiger partial charge on any atom is 0.136 e. The molecule has 0 aliphatic carbocycles. The van der Waals surface area contributed by atoms with E-state index in [2.05, 4.69) is 93.6 Å². The second kappa shape index (κ2) is 5.93. The van der Waals surface area contributed by atoms with Gasteiger partial charge in [-0.3, -0.25) is 0 Å². The highest BCUT2D eigenvalue weighted by molar-refractivity contribution is 5.98. The number of benzene rings is 3. The molecule has 0 bridgehead atoms. The molecule has 124 valence electrons. The summed E-state index contributed by atoms with van der Waals surface area (Å²) >= 11 is 0. The number of hydrogen-bond donors (Lipinski definition) is 0. The van der Waals surface area contributed by atoms with Gasteiger partial charge in [-0.15, -0.1) is 0 Å². The van der Waals surface area contributed by atoms with Gasteiger partial charge in [0.05, 0.1) is 0 Å². The number of ether oxygens (including phenoxy) is 1. The Balaban J connectivity index is 2.06. The lowest BCUT2D eigenvalue weighted by atomic mass is 9.82. The lowest BCUT2D eigenvalue weighted by Crippen LogP contribution is -2.27. The van der Waals surface area contributed by atoms with Crippen LogP contribution in [0.1, 0.15) is 41.7 Å². The van der Waals surface area contributed by atoms with E-state index in [0.29, 0.717) is 0 Å². The number of aryl methyl sites for hydroxylation is 1. The minimum atomic E-state index is -0.370. The molecule has 0 aromatic heterocycles. The van der Waals surface area contributed by atoms with Gasteiger partial charge in [0.2, 0.25) is 0 Å². The van der Waals surface area contributed by atoms with E-state index in [4.69, 9.17) is 4.74 Å². The molecular formula is C24H22O. The second-order valence-corrected chi connectivity index (χ2v) is 7.10. The number of fused-ring (bicyclic) bond motifs is 1. The van der Waals surface area contributed by atoms with Gasteiger partial charge in [-0.1, -0.05) is 84.4 Å². The average molecular weight is 326 g/mol. The van der Waals surface area contributed by atoms with E-state index >= 15 is 0 Å². The Morgan fingerprint density at radius 2 is 1.32 bits per heavy atom. The van der Waals surface area contributed by atoms with Crippen molar-refractivity contribution in [2.24, 2.45) is 0 Å². The molecule has 0 saturated heterocycles. The first-order valence-electron chi connectivity index (χ1n) is 8.72. The van der Waals surface area contributed by atoms with Crippen LogP contribution in [0.25, 0.3) is 11.3 Å². The van der Waals surface area contributed by atoms with Crippen molar-refractivity contribution >= 4 is 11.3 Å². The zero-order chi connectivity index (χ0) is 17.4. The molecule has 0 unspecified atom stereocenters. The maximum absolute atomic E-state index is 6.59. The molecule has 4 rings (SSSR count). The van der Waals surface area contributed by atoms with Gasteiger partial charge in [0.25, 0.3) is 0 Å². The summed E-state index contributed by atoms with van der Waals surface area (Å²) < 4.78 is 6.59. The van der Waals surface area contributed by atoms with Gasteiger partial charge in [-0.25, -0.2) is 0 Å². The molecule has 0 fully saturated rings. The van der Waals surface area contributed by atoms with Crippen LogP contribution in [0.4, 0.5) is 0 Å². The van der Waals surface area contributed by atoms with Crippen LogP contribution in [-0.4, -0.2) is 0 Å². The van der Waals surface area contributed by atoms with Crippen LogP contribution >= 0.6 is 0 Å². The van der Waals surface area contributed by atoms with Crippen LogP contribution in [0.3, 0.4) is 0 Å². The van der Waals surface area contributed by atoms with E-state index in [1.54, 1.807) is 0 Å². The minimum Gasteiger partial charge on any atom is -0.482 e. The van der Waals surface area contributed by atoms with Crippen molar-refractivity contribution in [3.05, 3.63) is 107 Å². The van der Waals surface area contributed by atoms with Crippen LogP contribution in [0.5, 0.6) is 0 Å². The Bertz CT molecular complexity index is 934. The highest BCUT2D eigenvalue weighted by Crippen LogP contribution is 2.46. The maximum atomic E-state index is 6.59. The lowest BCUT2D eigenvalue weighted by Gasteiger charge is -2.37. The molecule has 0 atom stereocenters. The molecule has 0 radical (unpaired) electrons. The Labute approximate surface area is 149 Å². The van der Waals surface area contributed by atoms with Gasteiger partial charge in [0.1, 0.15) is 11.4 Å².